The summed E-state index contributed by atoms with van der Waals surface area (Å²) in [6.07, 6.45) is 62.9. The Morgan fingerprint density at radius 2 is 0.903 bits per heavy atom. The zero-order valence-electron chi connectivity index (χ0n) is 40.4. The van der Waals surface area contributed by atoms with Crippen LogP contribution >= 0.6 is 7.82 Å². The second kappa shape index (κ2) is 48.7. The lowest BCUT2D eigenvalue weighted by atomic mass is 10.0. The number of carbonyl (C=O) groups excluding carboxylic acids is 1. The van der Waals surface area contributed by atoms with Gasteiger partial charge < -0.3 is 21.1 Å². The van der Waals surface area contributed by atoms with Crippen LogP contribution in [0.15, 0.2) is 60.8 Å². The van der Waals surface area contributed by atoms with Gasteiger partial charge in [-0.3, -0.25) is 13.8 Å². The van der Waals surface area contributed by atoms with Gasteiger partial charge in [0.1, 0.15) is 0 Å². The first-order chi connectivity index (χ1) is 30.4. The number of hydrogen-bond acceptors (Lipinski definition) is 6. The largest absolute Gasteiger partial charge is 0.472 e. The standard InChI is InChI=1S/C53H99N2O6P/c1-3-5-7-9-11-13-15-17-19-21-23-25-26-27-29-31-33-35-37-39-41-43-45-47-53(57)55-51(50-61-62(58,59)60-49-48-54)52(56)46-44-42-40-38-36-34-32-30-28-24-22-20-18-16-14-12-10-8-6-4-2/h15,17,21,23,28,30,36,38,44,46,51-52,56H,3-14,16,18-20,22,24-27,29,31-35,37,39-43,45,47-50,54H2,1-2H3,(H,55,57)(H,58,59)/b17-15-,23-21-,30-28+,38-36+,46-44+. The first kappa shape index (κ1) is 60.2. The van der Waals surface area contributed by atoms with Crippen LogP contribution in [0.1, 0.15) is 239 Å². The number of hydrogen-bond donors (Lipinski definition) is 4. The van der Waals surface area contributed by atoms with Crippen LogP contribution < -0.4 is 11.1 Å². The fourth-order valence-corrected chi connectivity index (χ4v) is 8.13. The molecule has 3 unspecified atom stereocenters. The molecule has 0 aromatic carbocycles. The van der Waals surface area contributed by atoms with E-state index in [0.29, 0.717) is 6.42 Å². The molecule has 9 heteroatoms. The van der Waals surface area contributed by atoms with Crippen molar-refractivity contribution in [1.29, 1.82) is 0 Å². The Morgan fingerprint density at radius 3 is 1.34 bits per heavy atom. The molecule has 0 radical (unpaired) electrons. The Labute approximate surface area is 383 Å². The second-order valence-corrected chi connectivity index (χ2v) is 18.8. The number of phosphoric ester groups is 1. The molecule has 0 aromatic heterocycles. The minimum absolute atomic E-state index is 0.0698. The van der Waals surface area contributed by atoms with Crippen LogP contribution in [0.2, 0.25) is 0 Å². The number of allylic oxidation sites excluding steroid dienone is 9. The maximum absolute atomic E-state index is 12.8. The molecular formula is C53H99N2O6P. The summed E-state index contributed by atoms with van der Waals surface area (Å²) < 4.78 is 22.2. The quantitative estimate of drug-likeness (QED) is 0.0272. The van der Waals surface area contributed by atoms with Crippen LogP contribution in [-0.2, 0) is 18.4 Å². The predicted octanol–water partition coefficient (Wildman–Crippen LogP) is 15.4. The number of rotatable bonds is 48. The van der Waals surface area contributed by atoms with Gasteiger partial charge in [0.25, 0.3) is 0 Å². The van der Waals surface area contributed by atoms with Gasteiger partial charge in [-0.2, -0.15) is 0 Å². The lowest BCUT2D eigenvalue weighted by Gasteiger charge is -2.23. The molecule has 0 heterocycles. The average molecular weight is 891 g/mol. The van der Waals surface area contributed by atoms with E-state index in [2.05, 4.69) is 67.8 Å². The highest BCUT2D eigenvalue weighted by molar-refractivity contribution is 7.47. The summed E-state index contributed by atoms with van der Waals surface area (Å²) >= 11 is 0. The van der Waals surface area contributed by atoms with Crippen molar-refractivity contribution in [3.8, 4) is 0 Å². The van der Waals surface area contributed by atoms with Gasteiger partial charge in [-0.1, -0.05) is 216 Å². The molecule has 0 aromatic rings. The Morgan fingerprint density at radius 1 is 0.532 bits per heavy atom. The molecular weight excluding hydrogens is 792 g/mol. The first-order valence-electron chi connectivity index (χ1n) is 25.9. The number of phosphoric acid groups is 1. The van der Waals surface area contributed by atoms with Gasteiger partial charge in [-0.25, -0.2) is 4.57 Å². The van der Waals surface area contributed by atoms with Crippen LogP contribution in [0.25, 0.3) is 0 Å². The molecule has 0 bridgehead atoms. The summed E-state index contributed by atoms with van der Waals surface area (Å²) in [5.74, 6) is -0.210. The molecule has 62 heavy (non-hydrogen) atoms. The average Bonchev–Trinajstić information content (AvgIpc) is 3.26. The lowest BCUT2D eigenvalue weighted by molar-refractivity contribution is -0.123. The number of aliphatic hydroxyl groups excluding tert-OH is 1. The van der Waals surface area contributed by atoms with Crippen LogP contribution in [0.3, 0.4) is 0 Å². The molecule has 3 atom stereocenters. The zero-order chi connectivity index (χ0) is 45.3. The third kappa shape index (κ3) is 46.2. The molecule has 8 nitrogen and oxygen atoms in total. The summed E-state index contributed by atoms with van der Waals surface area (Å²) in [6, 6.07) is -0.887. The molecule has 5 N–H and O–H groups in total. The lowest BCUT2D eigenvalue weighted by Crippen LogP contribution is -2.45. The van der Waals surface area contributed by atoms with Crippen molar-refractivity contribution in [3.05, 3.63) is 60.8 Å². The third-order valence-corrected chi connectivity index (χ3v) is 12.3. The van der Waals surface area contributed by atoms with Crippen LogP contribution in [0, 0.1) is 0 Å². The first-order valence-corrected chi connectivity index (χ1v) is 27.4. The van der Waals surface area contributed by atoms with Crippen molar-refractivity contribution in [2.24, 2.45) is 5.73 Å². The highest BCUT2D eigenvalue weighted by atomic mass is 31.2. The fourth-order valence-electron chi connectivity index (χ4n) is 7.37. The Hall–Kier alpha value is -1.80. The van der Waals surface area contributed by atoms with Crippen molar-refractivity contribution in [2.75, 3.05) is 19.8 Å². The molecule has 0 aliphatic heterocycles. The van der Waals surface area contributed by atoms with E-state index in [1.54, 1.807) is 6.08 Å². The van der Waals surface area contributed by atoms with E-state index >= 15 is 0 Å². The maximum Gasteiger partial charge on any atom is 0.472 e. The summed E-state index contributed by atoms with van der Waals surface area (Å²) in [5.41, 5.74) is 5.39. The molecule has 1 amide bonds. The molecule has 0 spiro atoms. The monoisotopic (exact) mass is 891 g/mol. The number of nitrogens with one attached hydrogen (secondary N) is 1. The van der Waals surface area contributed by atoms with E-state index in [0.717, 1.165) is 51.4 Å². The molecule has 0 saturated carbocycles. The molecule has 0 rings (SSSR count). The van der Waals surface area contributed by atoms with Crippen molar-refractivity contribution >= 4 is 13.7 Å². The van der Waals surface area contributed by atoms with Crippen molar-refractivity contribution in [3.63, 3.8) is 0 Å². The van der Waals surface area contributed by atoms with E-state index in [1.807, 2.05) is 6.08 Å². The minimum Gasteiger partial charge on any atom is -0.387 e. The van der Waals surface area contributed by atoms with Crippen LogP contribution in [-0.4, -0.2) is 47.8 Å². The zero-order valence-corrected chi connectivity index (χ0v) is 41.2. The SMILES string of the molecule is CCCCCCC/C=C\C/C=C\CCCCCCCCCCCCCC(=O)NC(COP(=O)(O)OCCN)C(O)/C=C/CC/C=C/CC/C=C/CCCCCCCCCCCC. The summed E-state index contributed by atoms with van der Waals surface area (Å²) in [4.78, 5) is 22.8. The Bertz CT molecular complexity index is 1150. The van der Waals surface area contributed by atoms with Crippen molar-refractivity contribution in [2.45, 2.75) is 251 Å². The van der Waals surface area contributed by atoms with Crippen molar-refractivity contribution in [1.82, 2.24) is 5.32 Å². The van der Waals surface area contributed by atoms with E-state index in [9.17, 15) is 19.4 Å². The van der Waals surface area contributed by atoms with Gasteiger partial charge in [0.15, 0.2) is 0 Å². The van der Waals surface area contributed by atoms with E-state index in [1.165, 1.54) is 167 Å². The highest BCUT2D eigenvalue weighted by Gasteiger charge is 2.26. The number of amides is 1. The van der Waals surface area contributed by atoms with Gasteiger partial charge in [0.2, 0.25) is 5.91 Å². The summed E-state index contributed by atoms with van der Waals surface area (Å²) in [5, 5.41) is 13.7. The van der Waals surface area contributed by atoms with Crippen LogP contribution in [0.5, 0.6) is 0 Å². The Kier molecular flexibility index (Phi) is 47.2. The normalized spacial score (nSPS) is 14.3. The molecule has 0 saturated heterocycles. The van der Waals surface area contributed by atoms with Gasteiger partial charge in [0.05, 0.1) is 25.4 Å². The summed E-state index contributed by atoms with van der Waals surface area (Å²) in [6.45, 7) is 4.11. The molecule has 362 valence electrons. The van der Waals surface area contributed by atoms with Gasteiger partial charge in [-0.05, 0) is 77.0 Å². The maximum atomic E-state index is 12.8. The number of carbonyl (C=O) groups is 1. The van der Waals surface area contributed by atoms with Gasteiger partial charge in [0, 0.05) is 13.0 Å². The number of unbranched alkanes of at least 4 members (excludes halogenated alkanes) is 28. The smallest absolute Gasteiger partial charge is 0.387 e. The molecule has 0 aliphatic carbocycles. The minimum atomic E-state index is -4.36. The summed E-state index contributed by atoms with van der Waals surface area (Å²) in [7, 11) is -4.36. The molecule has 0 aliphatic rings. The Balaban J connectivity index is 4.16. The number of aliphatic hydroxyl groups is 1. The topological polar surface area (TPSA) is 131 Å². The van der Waals surface area contributed by atoms with E-state index in [-0.39, 0.29) is 25.7 Å². The fraction of sp³-hybridized carbons (Fsp3) is 0.792. The van der Waals surface area contributed by atoms with Crippen LogP contribution in [0.4, 0.5) is 0 Å². The van der Waals surface area contributed by atoms with Crippen molar-refractivity contribution < 1.29 is 28.4 Å². The third-order valence-electron chi connectivity index (χ3n) is 11.3. The van der Waals surface area contributed by atoms with E-state index in [4.69, 9.17) is 14.8 Å². The predicted molar refractivity (Wildman–Crippen MR) is 267 cm³/mol. The van der Waals surface area contributed by atoms with E-state index < -0.39 is 20.0 Å². The molecule has 0 fully saturated rings. The van der Waals surface area contributed by atoms with Gasteiger partial charge >= 0.3 is 7.82 Å². The van der Waals surface area contributed by atoms with Gasteiger partial charge in [-0.15, -0.1) is 0 Å². The second-order valence-electron chi connectivity index (χ2n) is 17.4. The highest BCUT2D eigenvalue weighted by Crippen LogP contribution is 2.43. The number of nitrogens with two attached hydrogens (primary N) is 1.